The van der Waals surface area contributed by atoms with Crippen LogP contribution in [0.4, 0.5) is 5.69 Å². The van der Waals surface area contributed by atoms with E-state index in [9.17, 15) is 14.4 Å². The van der Waals surface area contributed by atoms with Crippen LogP contribution in [0.3, 0.4) is 0 Å². The molecule has 2 atom stereocenters. The molecule has 7 heteroatoms. The Morgan fingerprint density at radius 2 is 2.08 bits per heavy atom. The Morgan fingerprint density at radius 3 is 2.80 bits per heavy atom. The first-order chi connectivity index (χ1) is 11.8. The Kier molecular flexibility index (Phi) is 4.77. The van der Waals surface area contributed by atoms with Crippen molar-refractivity contribution in [3.8, 4) is 0 Å². The van der Waals surface area contributed by atoms with Crippen LogP contribution in [-0.2, 0) is 25.5 Å². The zero-order valence-corrected chi connectivity index (χ0v) is 15.4. The summed E-state index contributed by atoms with van der Waals surface area (Å²) in [6.45, 7) is 5.78. The molecule has 0 radical (unpaired) electrons. The zero-order chi connectivity index (χ0) is 18.2. The predicted octanol–water partition coefficient (Wildman–Crippen LogP) is 1.52. The average Bonchev–Trinajstić information content (AvgIpc) is 3.00. The van der Waals surface area contributed by atoms with Crippen molar-refractivity contribution < 1.29 is 19.1 Å². The van der Waals surface area contributed by atoms with Crippen LogP contribution in [0.5, 0.6) is 0 Å². The lowest BCUT2D eigenvalue weighted by molar-refractivity contribution is -0.156. The first-order valence-electron chi connectivity index (χ1n) is 8.34. The molecule has 2 heterocycles. The quantitative estimate of drug-likeness (QED) is 0.825. The van der Waals surface area contributed by atoms with Gasteiger partial charge in [0.15, 0.2) is 6.10 Å². The molecule has 134 valence electrons. The number of esters is 1. The maximum Gasteiger partial charge on any atom is 0.330 e. The van der Waals surface area contributed by atoms with Crippen LogP contribution in [-0.4, -0.2) is 47.0 Å². The van der Waals surface area contributed by atoms with Gasteiger partial charge in [-0.25, -0.2) is 4.79 Å². The van der Waals surface area contributed by atoms with Gasteiger partial charge in [-0.15, -0.1) is 11.8 Å². The molecule has 2 amide bonds. The van der Waals surface area contributed by atoms with Crippen LogP contribution in [0.25, 0.3) is 0 Å². The summed E-state index contributed by atoms with van der Waals surface area (Å²) in [6, 6.07) is 7.01. The number of thioether (sulfide) groups is 1. The summed E-state index contributed by atoms with van der Waals surface area (Å²) in [5.74, 6) is -0.568. The second-order valence-electron chi connectivity index (χ2n) is 6.80. The lowest BCUT2D eigenvalue weighted by Crippen LogP contribution is -2.55. The Labute approximate surface area is 151 Å². The third-order valence-corrected chi connectivity index (χ3v) is 5.95. The lowest BCUT2D eigenvalue weighted by atomic mass is 10.1. The third kappa shape index (κ3) is 3.51. The van der Waals surface area contributed by atoms with E-state index in [-0.39, 0.29) is 11.8 Å². The molecule has 0 spiro atoms. The maximum absolute atomic E-state index is 12.6. The van der Waals surface area contributed by atoms with Crippen molar-refractivity contribution in [1.29, 1.82) is 0 Å². The van der Waals surface area contributed by atoms with Gasteiger partial charge in [0.2, 0.25) is 5.91 Å². The number of rotatable bonds is 3. The number of nitrogens with zero attached hydrogens (tertiary/aromatic N) is 1. The number of ether oxygens (including phenoxy) is 1. The molecule has 0 saturated carbocycles. The van der Waals surface area contributed by atoms with E-state index < -0.39 is 22.9 Å². The topological polar surface area (TPSA) is 75.7 Å². The van der Waals surface area contributed by atoms with Crippen molar-refractivity contribution in [3.63, 3.8) is 0 Å². The highest BCUT2D eigenvalue weighted by molar-refractivity contribution is 8.01. The standard InChI is InChI=1S/C18H22N2O4S/c1-11(15(21)20-9-8-12-6-4-5-7-14(12)20)24-16(22)13-10-25-18(2,3)17(23)19-13/h4-7,11,13H,8-10H2,1-3H3,(H,19,23)/t11-,13+/m1/s1. The molecule has 1 aromatic carbocycles. The van der Waals surface area contributed by atoms with E-state index >= 15 is 0 Å². The van der Waals surface area contributed by atoms with Crippen LogP contribution in [0.1, 0.15) is 26.3 Å². The minimum Gasteiger partial charge on any atom is -0.451 e. The monoisotopic (exact) mass is 362 g/mol. The molecule has 1 N–H and O–H groups in total. The van der Waals surface area contributed by atoms with Gasteiger partial charge in [0.05, 0.1) is 4.75 Å². The number of para-hydroxylation sites is 1. The molecular formula is C18H22N2O4S. The minimum absolute atomic E-state index is 0.196. The molecule has 0 aliphatic carbocycles. The normalized spacial score (nSPS) is 22.8. The molecular weight excluding hydrogens is 340 g/mol. The van der Waals surface area contributed by atoms with Crippen molar-refractivity contribution in [3.05, 3.63) is 29.8 Å². The molecule has 0 aromatic heterocycles. The third-order valence-electron chi connectivity index (χ3n) is 4.54. The van der Waals surface area contributed by atoms with Gasteiger partial charge in [-0.1, -0.05) is 18.2 Å². The molecule has 2 aliphatic rings. The van der Waals surface area contributed by atoms with Gasteiger partial charge in [-0.05, 0) is 38.8 Å². The summed E-state index contributed by atoms with van der Waals surface area (Å²) in [6.07, 6.45) is -0.0945. The van der Waals surface area contributed by atoms with E-state index in [0.717, 1.165) is 17.7 Å². The first kappa shape index (κ1) is 17.8. The van der Waals surface area contributed by atoms with Gasteiger partial charge in [0.25, 0.3) is 5.91 Å². The number of hydrogen-bond donors (Lipinski definition) is 1. The van der Waals surface area contributed by atoms with Crippen LogP contribution < -0.4 is 10.2 Å². The summed E-state index contributed by atoms with van der Waals surface area (Å²) < 4.78 is 4.78. The van der Waals surface area contributed by atoms with Gasteiger partial charge in [-0.2, -0.15) is 0 Å². The highest BCUT2D eigenvalue weighted by Gasteiger charge is 2.39. The Morgan fingerprint density at radius 1 is 1.36 bits per heavy atom. The SMILES string of the molecule is C[C@@H](OC(=O)[C@@H]1CSC(C)(C)C(=O)N1)C(=O)N1CCc2ccccc21. The molecule has 0 unspecified atom stereocenters. The van der Waals surface area contributed by atoms with E-state index in [4.69, 9.17) is 4.74 Å². The molecule has 25 heavy (non-hydrogen) atoms. The van der Waals surface area contributed by atoms with E-state index in [1.54, 1.807) is 11.8 Å². The number of carbonyl (C=O) groups is 3. The maximum atomic E-state index is 12.6. The minimum atomic E-state index is -0.893. The lowest BCUT2D eigenvalue weighted by Gasteiger charge is -2.33. The van der Waals surface area contributed by atoms with E-state index in [1.807, 2.05) is 38.1 Å². The molecule has 2 aliphatic heterocycles. The first-order valence-corrected chi connectivity index (χ1v) is 9.33. The number of fused-ring (bicyclic) bond motifs is 1. The van der Waals surface area contributed by atoms with Gasteiger partial charge in [-0.3, -0.25) is 9.59 Å². The second kappa shape index (κ2) is 6.71. The van der Waals surface area contributed by atoms with E-state index in [1.165, 1.54) is 11.8 Å². The largest absolute Gasteiger partial charge is 0.451 e. The molecule has 1 aromatic rings. The highest BCUT2D eigenvalue weighted by Crippen LogP contribution is 2.30. The molecule has 3 rings (SSSR count). The Bertz CT molecular complexity index is 719. The van der Waals surface area contributed by atoms with Crippen molar-refractivity contribution in [2.75, 3.05) is 17.2 Å². The summed E-state index contributed by atoms with van der Waals surface area (Å²) in [7, 11) is 0. The number of carbonyl (C=O) groups excluding carboxylic acids is 3. The summed E-state index contributed by atoms with van der Waals surface area (Å²) in [5, 5.41) is 2.68. The van der Waals surface area contributed by atoms with Crippen molar-refractivity contribution in [2.24, 2.45) is 0 Å². The van der Waals surface area contributed by atoms with Crippen molar-refractivity contribution in [1.82, 2.24) is 5.32 Å². The number of benzene rings is 1. The fourth-order valence-corrected chi connectivity index (χ4v) is 3.94. The molecule has 1 saturated heterocycles. The number of amides is 2. The summed E-state index contributed by atoms with van der Waals surface area (Å²) >= 11 is 1.41. The van der Waals surface area contributed by atoms with Crippen molar-refractivity contribution in [2.45, 2.75) is 44.1 Å². The Hall–Kier alpha value is -2.02. The van der Waals surface area contributed by atoms with Crippen LogP contribution >= 0.6 is 11.8 Å². The fraction of sp³-hybridized carbons (Fsp3) is 0.500. The number of hydrogen-bond acceptors (Lipinski definition) is 5. The zero-order valence-electron chi connectivity index (χ0n) is 14.6. The van der Waals surface area contributed by atoms with Crippen LogP contribution in [0.15, 0.2) is 24.3 Å². The highest BCUT2D eigenvalue weighted by atomic mass is 32.2. The fourth-order valence-electron chi connectivity index (χ4n) is 2.95. The van der Waals surface area contributed by atoms with Gasteiger partial charge >= 0.3 is 5.97 Å². The molecule has 0 bridgehead atoms. The number of anilines is 1. The predicted molar refractivity (Wildman–Crippen MR) is 96.5 cm³/mol. The second-order valence-corrected chi connectivity index (χ2v) is 8.44. The summed E-state index contributed by atoms with van der Waals surface area (Å²) in [5.41, 5.74) is 1.99. The smallest absolute Gasteiger partial charge is 0.330 e. The van der Waals surface area contributed by atoms with Gasteiger partial charge < -0.3 is 15.0 Å². The van der Waals surface area contributed by atoms with Crippen LogP contribution in [0, 0.1) is 0 Å². The average molecular weight is 362 g/mol. The van der Waals surface area contributed by atoms with Gasteiger partial charge in [0, 0.05) is 18.0 Å². The number of nitrogens with one attached hydrogen (secondary N) is 1. The van der Waals surface area contributed by atoms with E-state index in [2.05, 4.69) is 5.32 Å². The molecule has 6 nitrogen and oxygen atoms in total. The van der Waals surface area contributed by atoms with Crippen LogP contribution in [0.2, 0.25) is 0 Å². The van der Waals surface area contributed by atoms with Crippen molar-refractivity contribution >= 4 is 35.2 Å². The molecule has 1 fully saturated rings. The van der Waals surface area contributed by atoms with E-state index in [0.29, 0.717) is 12.3 Å². The van der Waals surface area contributed by atoms with Gasteiger partial charge in [0.1, 0.15) is 6.04 Å². The Balaban J connectivity index is 1.61. The summed E-state index contributed by atoms with van der Waals surface area (Å²) in [4.78, 5) is 38.6.